The summed E-state index contributed by atoms with van der Waals surface area (Å²) in [5.41, 5.74) is 18.0. The van der Waals surface area contributed by atoms with Crippen LogP contribution in [0.2, 0.25) is 5.02 Å². The largest absolute Gasteiger partial charge is 0.354 e. The Morgan fingerprint density at radius 1 is 0.725 bits per heavy atom. The minimum Gasteiger partial charge on any atom is -0.354 e. The number of rotatable bonds is 1. The summed E-state index contributed by atoms with van der Waals surface area (Å²) < 4.78 is 0. The summed E-state index contributed by atoms with van der Waals surface area (Å²) in [4.78, 5) is 7.73. The Morgan fingerprint density at radius 2 is 1.27 bits per heavy atom. The van der Waals surface area contributed by atoms with E-state index in [4.69, 9.17) is 18.2 Å². The second-order valence-corrected chi connectivity index (χ2v) is 11.9. The summed E-state index contributed by atoms with van der Waals surface area (Å²) in [6, 6.07) is 26.4. The fourth-order valence-corrected chi connectivity index (χ4v) is 7.95. The molecule has 3 aliphatic rings. The van der Waals surface area contributed by atoms with Crippen LogP contribution in [0.5, 0.6) is 0 Å². The minimum absolute atomic E-state index is 0.0495. The number of aryl methyl sites for hydroxylation is 2. The number of aromatic amines is 1. The minimum atomic E-state index is 0.0495. The van der Waals surface area contributed by atoms with Gasteiger partial charge < -0.3 is 4.98 Å². The van der Waals surface area contributed by atoms with Crippen molar-refractivity contribution in [2.45, 2.75) is 39.5 Å². The Hall–Kier alpha value is -4.32. The highest BCUT2D eigenvalue weighted by Crippen LogP contribution is 2.60. The summed E-state index contributed by atoms with van der Waals surface area (Å²) in [6.45, 7) is 17.0. The molecular formula is C37H27ClN2. The number of nitrogens with one attached hydrogen (secondary N) is 1. The Bertz CT molecular complexity index is 2070. The van der Waals surface area contributed by atoms with E-state index >= 15 is 0 Å². The van der Waals surface area contributed by atoms with Crippen molar-refractivity contribution in [2.75, 3.05) is 0 Å². The van der Waals surface area contributed by atoms with Gasteiger partial charge in [0.15, 0.2) is 5.69 Å². The number of benzene rings is 5. The third-order valence-corrected chi connectivity index (χ3v) is 9.89. The molecule has 1 N–H and O–H groups in total. The van der Waals surface area contributed by atoms with E-state index in [1.807, 2.05) is 0 Å². The smallest absolute Gasteiger partial charge is 0.193 e. The van der Waals surface area contributed by atoms with Gasteiger partial charge in [-0.25, -0.2) is 4.85 Å². The van der Waals surface area contributed by atoms with E-state index in [0.717, 1.165) is 33.2 Å². The predicted octanol–water partition coefficient (Wildman–Crippen LogP) is 10.4. The van der Waals surface area contributed by atoms with Gasteiger partial charge in [-0.3, -0.25) is 0 Å². The van der Waals surface area contributed by atoms with E-state index in [9.17, 15) is 0 Å². The molecule has 0 spiro atoms. The van der Waals surface area contributed by atoms with Crippen LogP contribution in [0.25, 0.3) is 37.8 Å². The van der Waals surface area contributed by atoms with Gasteiger partial charge in [-0.15, -0.1) is 0 Å². The van der Waals surface area contributed by atoms with Crippen LogP contribution in [0.15, 0.2) is 72.8 Å². The van der Waals surface area contributed by atoms with Gasteiger partial charge >= 0.3 is 0 Å². The van der Waals surface area contributed by atoms with E-state index in [2.05, 4.69) is 110 Å². The second kappa shape index (κ2) is 8.10. The lowest BCUT2D eigenvalue weighted by Gasteiger charge is -2.43. The third kappa shape index (κ3) is 2.88. The predicted molar refractivity (Wildman–Crippen MR) is 166 cm³/mol. The molecule has 5 aromatic carbocycles. The third-order valence-electron chi connectivity index (χ3n) is 9.59. The summed E-state index contributed by atoms with van der Waals surface area (Å²) >= 11 is 7.07. The molecule has 1 aromatic heterocycles. The molecule has 3 heteroatoms. The van der Waals surface area contributed by atoms with Crippen molar-refractivity contribution < 1.29 is 0 Å². The average Bonchev–Trinajstić information content (AvgIpc) is 3.34. The molecule has 2 nitrogen and oxygen atoms in total. The van der Waals surface area contributed by atoms with Crippen molar-refractivity contribution in [1.29, 1.82) is 0 Å². The van der Waals surface area contributed by atoms with Crippen LogP contribution in [0.4, 0.5) is 5.69 Å². The molecular weight excluding hydrogens is 508 g/mol. The van der Waals surface area contributed by atoms with Crippen LogP contribution in [0.3, 0.4) is 0 Å². The second-order valence-electron chi connectivity index (χ2n) is 11.5. The summed E-state index contributed by atoms with van der Waals surface area (Å²) in [5, 5.41) is 3.03. The van der Waals surface area contributed by atoms with E-state index in [0.29, 0.717) is 5.02 Å². The molecule has 3 aliphatic carbocycles. The Balaban J connectivity index is 1.53. The van der Waals surface area contributed by atoms with Crippen molar-refractivity contribution in [1.82, 2.24) is 4.98 Å². The van der Waals surface area contributed by atoms with Crippen molar-refractivity contribution >= 4 is 39.1 Å². The molecule has 0 atom stereocenters. The Labute approximate surface area is 239 Å². The molecule has 0 fully saturated rings. The number of halogens is 1. The average molecular weight is 535 g/mol. The molecule has 6 aromatic rings. The number of nitrogens with zero attached hydrogens (tertiary/aromatic N) is 1. The number of fused-ring (bicyclic) bond motifs is 3. The maximum absolute atomic E-state index is 8.20. The number of H-pyrrole nitrogens is 1. The van der Waals surface area contributed by atoms with Gasteiger partial charge in [-0.2, -0.15) is 0 Å². The van der Waals surface area contributed by atoms with E-state index in [1.54, 1.807) is 0 Å². The van der Waals surface area contributed by atoms with E-state index in [-0.39, 0.29) is 11.8 Å². The molecule has 0 saturated heterocycles. The highest BCUT2D eigenvalue weighted by molar-refractivity contribution is 6.37. The van der Waals surface area contributed by atoms with Gasteiger partial charge in [0.1, 0.15) is 0 Å². The lowest BCUT2D eigenvalue weighted by Crippen LogP contribution is -2.27. The zero-order chi connectivity index (χ0) is 27.4. The molecule has 40 heavy (non-hydrogen) atoms. The van der Waals surface area contributed by atoms with Crippen LogP contribution in [0.1, 0.15) is 67.5 Å². The highest BCUT2D eigenvalue weighted by Gasteiger charge is 2.43. The summed E-state index contributed by atoms with van der Waals surface area (Å²) in [6.07, 6.45) is 0. The van der Waals surface area contributed by atoms with Crippen LogP contribution in [-0.4, -0.2) is 4.98 Å². The molecule has 0 saturated carbocycles. The quantitative estimate of drug-likeness (QED) is 0.202. The number of hydrogen-bond acceptors (Lipinski definition) is 0. The lowest BCUT2D eigenvalue weighted by molar-refractivity contribution is 0.764. The highest BCUT2D eigenvalue weighted by atomic mass is 35.5. The maximum atomic E-state index is 8.20. The topological polar surface area (TPSA) is 20.1 Å². The first-order valence-electron chi connectivity index (χ1n) is 13.8. The Morgan fingerprint density at radius 3 is 1.82 bits per heavy atom. The monoisotopic (exact) mass is 534 g/mol. The molecule has 1 heterocycles. The van der Waals surface area contributed by atoms with Gasteiger partial charge in [-0.05, 0) is 113 Å². The van der Waals surface area contributed by atoms with Crippen molar-refractivity contribution in [3.05, 3.63) is 145 Å². The molecule has 0 aliphatic heterocycles. The van der Waals surface area contributed by atoms with E-state index in [1.165, 1.54) is 61.0 Å². The van der Waals surface area contributed by atoms with Gasteiger partial charge in [0.05, 0.1) is 17.1 Å². The van der Waals surface area contributed by atoms with E-state index < -0.39 is 0 Å². The zero-order valence-electron chi connectivity index (χ0n) is 22.9. The van der Waals surface area contributed by atoms with Crippen LogP contribution in [-0.2, 0) is 0 Å². The van der Waals surface area contributed by atoms with Gasteiger partial charge in [-0.1, -0.05) is 66.2 Å². The molecule has 0 unspecified atom stereocenters. The van der Waals surface area contributed by atoms with Gasteiger partial charge in [0, 0.05) is 28.1 Å². The number of aromatic nitrogens is 1. The molecule has 2 bridgehead atoms. The van der Waals surface area contributed by atoms with Crippen molar-refractivity contribution in [3.63, 3.8) is 0 Å². The standard InChI is InChI=1S/C37H27ClN2/c1-18-14-19(2)21(4)31(20(18)3)22-15-27-34-30(40-37(27)28(38)16-22)17-29(39-5)35-32-23-10-6-8-12-25(23)33(36(34)35)26-13-9-7-11-24(26)32/h6-17,32-33,40H,1-4H3. The first-order chi connectivity index (χ1) is 19.4. The van der Waals surface area contributed by atoms with Crippen LogP contribution >= 0.6 is 11.6 Å². The first kappa shape index (κ1) is 23.6. The Kier molecular flexibility index (Phi) is 4.77. The SMILES string of the molecule is [C-]#[N+]c1cc2[nH]c3c(Cl)cc(-c4c(C)c(C)cc(C)c4C)cc3c2c2c1C1c3ccccc3C2c2ccccc21. The van der Waals surface area contributed by atoms with Crippen molar-refractivity contribution in [3.8, 4) is 11.1 Å². The summed E-state index contributed by atoms with van der Waals surface area (Å²) in [7, 11) is 0. The van der Waals surface area contributed by atoms with Crippen molar-refractivity contribution in [2.24, 2.45) is 0 Å². The molecule has 192 valence electrons. The van der Waals surface area contributed by atoms with Crippen LogP contribution in [0, 0.1) is 34.3 Å². The molecule has 9 rings (SSSR count). The molecule has 0 amide bonds. The zero-order valence-corrected chi connectivity index (χ0v) is 23.7. The normalized spacial score (nSPS) is 16.6. The van der Waals surface area contributed by atoms with Gasteiger partial charge in [0.2, 0.25) is 0 Å². The lowest BCUT2D eigenvalue weighted by atomic mass is 9.60. The number of hydrogen-bond donors (Lipinski definition) is 1. The summed E-state index contributed by atoms with van der Waals surface area (Å²) in [5.74, 6) is 0.121. The fraction of sp³-hybridized carbons (Fsp3) is 0.162. The van der Waals surface area contributed by atoms with Crippen LogP contribution < -0.4 is 0 Å². The first-order valence-corrected chi connectivity index (χ1v) is 14.2. The fourth-order valence-electron chi connectivity index (χ4n) is 7.68. The molecule has 0 radical (unpaired) electrons. The maximum Gasteiger partial charge on any atom is 0.193 e. The van der Waals surface area contributed by atoms with Gasteiger partial charge in [0.25, 0.3) is 0 Å².